The van der Waals surface area contributed by atoms with E-state index in [9.17, 15) is 14.0 Å². The third-order valence-corrected chi connectivity index (χ3v) is 4.20. The largest absolute Gasteiger partial charge is 0.478 e. The molecule has 0 saturated heterocycles. The Morgan fingerprint density at radius 3 is 2.71 bits per heavy atom. The van der Waals surface area contributed by atoms with Gasteiger partial charge in [0, 0.05) is 20.4 Å². The molecule has 0 fully saturated rings. The van der Waals surface area contributed by atoms with Crippen LogP contribution in [0.15, 0.2) is 34.1 Å². The molecule has 21 heavy (non-hydrogen) atoms. The fourth-order valence-electron chi connectivity index (χ4n) is 1.56. The summed E-state index contributed by atoms with van der Waals surface area (Å²) in [5.74, 6) is -2.24. The molecule has 1 heterocycles. The van der Waals surface area contributed by atoms with Crippen molar-refractivity contribution in [1.82, 2.24) is 5.32 Å². The predicted molar refractivity (Wildman–Crippen MR) is 81.2 cm³/mol. The highest BCUT2D eigenvalue weighted by Crippen LogP contribution is 2.19. The number of thiophene rings is 1. The molecular weight excluding hydrogens is 363 g/mol. The fraction of sp³-hybridized carbons (Fsp3) is 0.0769. The van der Waals surface area contributed by atoms with E-state index in [1.54, 1.807) is 0 Å². The van der Waals surface area contributed by atoms with Crippen molar-refractivity contribution >= 4 is 45.0 Å². The molecule has 2 amide bonds. The Morgan fingerprint density at radius 1 is 1.33 bits per heavy atom. The predicted octanol–water partition coefficient (Wildman–Crippen LogP) is 3.67. The van der Waals surface area contributed by atoms with Crippen LogP contribution < -0.4 is 10.6 Å². The van der Waals surface area contributed by atoms with E-state index in [4.69, 9.17) is 5.11 Å². The maximum atomic E-state index is 13.2. The SMILES string of the molecule is O=C(NCc1cc(Br)cs1)Nc1ccc(F)c(C(=O)O)c1. The van der Waals surface area contributed by atoms with Crippen LogP contribution in [0.2, 0.25) is 0 Å². The molecule has 0 unspecified atom stereocenters. The minimum atomic E-state index is -1.39. The maximum Gasteiger partial charge on any atom is 0.338 e. The van der Waals surface area contributed by atoms with E-state index in [-0.39, 0.29) is 5.69 Å². The molecule has 0 atom stereocenters. The maximum absolute atomic E-state index is 13.2. The number of carbonyl (C=O) groups excluding carboxylic acids is 1. The van der Waals surface area contributed by atoms with Crippen LogP contribution in [0.25, 0.3) is 0 Å². The van der Waals surface area contributed by atoms with E-state index in [1.807, 2.05) is 11.4 Å². The van der Waals surface area contributed by atoms with E-state index in [2.05, 4.69) is 26.6 Å². The van der Waals surface area contributed by atoms with Crippen molar-refractivity contribution < 1.29 is 19.1 Å². The number of urea groups is 1. The number of carboxylic acid groups (broad SMARTS) is 1. The van der Waals surface area contributed by atoms with Gasteiger partial charge in [-0.05, 0) is 40.2 Å². The average molecular weight is 373 g/mol. The highest BCUT2D eigenvalue weighted by atomic mass is 79.9. The lowest BCUT2D eigenvalue weighted by Gasteiger charge is -2.07. The van der Waals surface area contributed by atoms with Crippen LogP contribution in [0.3, 0.4) is 0 Å². The zero-order chi connectivity index (χ0) is 15.4. The number of nitrogens with one attached hydrogen (secondary N) is 2. The van der Waals surface area contributed by atoms with Crippen LogP contribution >= 0.6 is 27.3 Å². The number of carboxylic acids is 1. The summed E-state index contributed by atoms with van der Waals surface area (Å²) in [6.07, 6.45) is 0. The Morgan fingerprint density at radius 2 is 2.10 bits per heavy atom. The molecule has 8 heteroatoms. The molecule has 0 spiro atoms. The summed E-state index contributed by atoms with van der Waals surface area (Å²) in [4.78, 5) is 23.5. The summed E-state index contributed by atoms with van der Waals surface area (Å²) >= 11 is 4.80. The number of halogens is 2. The monoisotopic (exact) mass is 372 g/mol. The highest BCUT2D eigenvalue weighted by Gasteiger charge is 2.12. The van der Waals surface area contributed by atoms with E-state index >= 15 is 0 Å². The smallest absolute Gasteiger partial charge is 0.338 e. The van der Waals surface area contributed by atoms with Gasteiger partial charge < -0.3 is 15.7 Å². The molecule has 0 radical (unpaired) electrons. The topological polar surface area (TPSA) is 78.4 Å². The van der Waals surface area contributed by atoms with Gasteiger partial charge in [-0.2, -0.15) is 0 Å². The van der Waals surface area contributed by atoms with Crippen LogP contribution in [0, 0.1) is 5.82 Å². The standard InChI is InChI=1S/C13H10BrFN2O3S/c14-7-3-9(21-6-7)5-16-13(20)17-8-1-2-11(15)10(4-8)12(18)19/h1-4,6H,5H2,(H,18,19)(H2,16,17,20). The van der Waals surface area contributed by atoms with E-state index < -0.39 is 23.4 Å². The van der Waals surface area contributed by atoms with Gasteiger partial charge in [-0.25, -0.2) is 14.0 Å². The molecule has 0 aliphatic carbocycles. The van der Waals surface area contributed by atoms with Crippen molar-refractivity contribution in [2.45, 2.75) is 6.54 Å². The summed E-state index contributed by atoms with van der Waals surface area (Å²) in [5.41, 5.74) is -0.284. The first-order chi connectivity index (χ1) is 9.95. The van der Waals surface area contributed by atoms with Gasteiger partial charge in [0.2, 0.25) is 0 Å². The van der Waals surface area contributed by atoms with Gasteiger partial charge in [-0.15, -0.1) is 11.3 Å². The van der Waals surface area contributed by atoms with Crippen molar-refractivity contribution in [1.29, 1.82) is 0 Å². The Labute approximate surface area is 131 Å². The van der Waals surface area contributed by atoms with Gasteiger partial charge in [-0.3, -0.25) is 0 Å². The van der Waals surface area contributed by atoms with Crippen molar-refractivity contribution in [2.24, 2.45) is 0 Å². The minimum Gasteiger partial charge on any atom is -0.478 e. The summed E-state index contributed by atoms with van der Waals surface area (Å²) in [5, 5.41) is 15.8. The van der Waals surface area contributed by atoms with Crippen molar-refractivity contribution in [3.63, 3.8) is 0 Å². The molecule has 3 N–H and O–H groups in total. The van der Waals surface area contributed by atoms with Gasteiger partial charge in [0.1, 0.15) is 5.82 Å². The van der Waals surface area contributed by atoms with E-state index in [0.717, 1.165) is 21.5 Å². The van der Waals surface area contributed by atoms with E-state index in [0.29, 0.717) is 6.54 Å². The number of aromatic carboxylic acids is 1. The molecule has 2 aromatic rings. The summed E-state index contributed by atoms with van der Waals surface area (Å²) in [6, 6.07) is 4.74. The Balaban J connectivity index is 1.96. The van der Waals surface area contributed by atoms with Crippen LogP contribution in [0.4, 0.5) is 14.9 Å². The second-order valence-electron chi connectivity index (χ2n) is 4.04. The minimum absolute atomic E-state index is 0.207. The third-order valence-electron chi connectivity index (χ3n) is 2.50. The molecule has 0 aliphatic heterocycles. The summed E-state index contributed by atoms with van der Waals surface area (Å²) < 4.78 is 14.2. The zero-order valence-electron chi connectivity index (χ0n) is 10.5. The fourth-order valence-corrected chi connectivity index (χ4v) is 2.95. The number of rotatable bonds is 4. The lowest BCUT2D eigenvalue weighted by molar-refractivity contribution is 0.0692. The number of benzene rings is 1. The molecule has 1 aromatic heterocycles. The molecule has 5 nitrogen and oxygen atoms in total. The molecule has 110 valence electrons. The lowest BCUT2D eigenvalue weighted by Crippen LogP contribution is -2.28. The second-order valence-corrected chi connectivity index (χ2v) is 5.95. The number of anilines is 1. The van der Waals surface area contributed by atoms with Crippen molar-refractivity contribution in [3.05, 3.63) is 50.4 Å². The van der Waals surface area contributed by atoms with Gasteiger partial charge in [-0.1, -0.05) is 0 Å². The first-order valence-electron chi connectivity index (χ1n) is 5.76. The van der Waals surface area contributed by atoms with Gasteiger partial charge in [0.25, 0.3) is 0 Å². The van der Waals surface area contributed by atoms with Crippen LogP contribution in [0.5, 0.6) is 0 Å². The summed E-state index contributed by atoms with van der Waals surface area (Å²) in [7, 11) is 0. The third kappa shape index (κ3) is 4.27. The highest BCUT2D eigenvalue weighted by molar-refractivity contribution is 9.10. The number of amides is 2. The Bertz CT molecular complexity index is 690. The molecule has 1 aromatic carbocycles. The molecular formula is C13H10BrFN2O3S. The molecule has 2 rings (SSSR count). The molecule has 0 bridgehead atoms. The van der Waals surface area contributed by atoms with Gasteiger partial charge in [0.05, 0.1) is 12.1 Å². The van der Waals surface area contributed by atoms with E-state index in [1.165, 1.54) is 17.4 Å². The van der Waals surface area contributed by atoms with Gasteiger partial charge >= 0.3 is 12.0 Å². The van der Waals surface area contributed by atoms with Crippen LogP contribution in [-0.2, 0) is 6.54 Å². The number of hydrogen-bond acceptors (Lipinski definition) is 3. The first-order valence-corrected chi connectivity index (χ1v) is 7.43. The molecule has 0 saturated carbocycles. The quantitative estimate of drug-likeness (QED) is 0.765. The average Bonchev–Trinajstić information content (AvgIpc) is 2.84. The Hall–Kier alpha value is -1.93. The molecule has 0 aliphatic rings. The normalized spacial score (nSPS) is 10.2. The Kier molecular flexibility index (Phi) is 4.92. The van der Waals surface area contributed by atoms with Crippen molar-refractivity contribution in [3.8, 4) is 0 Å². The summed E-state index contributed by atoms with van der Waals surface area (Å²) in [6.45, 7) is 0.342. The van der Waals surface area contributed by atoms with Crippen molar-refractivity contribution in [2.75, 3.05) is 5.32 Å². The number of carbonyl (C=O) groups is 2. The number of hydrogen-bond donors (Lipinski definition) is 3. The van der Waals surface area contributed by atoms with Crippen LogP contribution in [-0.4, -0.2) is 17.1 Å². The van der Waals surface area contributed by atoms with Crippen LogP contribution in [0.1, 0.15) is 15.2 Å². The lowest BCUT2D eigenvalue weighted by atomic mass is 10.2. The second kappa shape index (κ2) is 6.68. The first kappa shape index (κ1) is 15.5. The zero-order valence-corrected chi connectivity index (χ0v) is 12.9. The van der Waals surface area contributed by atoms with Gasteiger partial charge in [0.15, 0.2) is 0 Å².